The van der Waals surface area contributed by atoms with E-state index < -0.39 is 0 Å². The number of aliphatic hydroxyl groups is 2. The van der Waals surface area contributed by atoms with Gasteiger partial charge in [0.1, 0.15) is 0 Å². The molecule has 2 aliphatic rings. The largest absolute Gasteiger partial charge is 0.396 e. The Labute approximate surface area is 79.2 Å². The van der Waals surface area contributed by atoms with Crippen molar-refractivity contribution in [2.24, 2.45) is 23.7 Å². The van der Waals surface area contributed by atoms with Gasteiger partial charge in [-0.05, 0) is 49.6 Å². The third-order valence-corrected chi connectivity index (χ3v) is 3.77. The van der Waals surface area contributed by atoms with E-state index in [9.17, 15) is 5.11 Å². The highest BCUT2D eigenvalue weighted by Gasteiger charge is 2.39. The lowest BCUT2D eigenvalue weighted by Gasteiger charge is -2.45. The fourth-order valence-electron chi connectivity index (χ4n) is 3.06. The number of rotatable bonds is 2. The van der Waals surface area contributed by atoms with E-state index in [1.54, 1.807) is 0 Å². The van der Waals surface area contributed by atoms with Gasteiger partial charge in [-0.25, -0.2) is 0 Å². The van der Waals surface area contributed by atoms with Crippen molar-refractivity contribution in [1.29, 1.82) is 0 Å². The molecule has 3 N–H and O–H groups in total. The number of aliphatic hydroxyl groups excluding tert-OH is 2. The minimum Gasteiger partial charge on any atom is -0.396 e. The summed E-state index contributed by atoms with van der Waals surface area (Å²) < 4.78 is 0. The molecule has 0 radical (unpaired) electrons. The first-order chi connectivity index (χ1) is 6.35. The molecule has 3 heteroatoms. The average molecular weight is 185 g/mol. The van der Waals surface area contributed by atoms with E-state index in [1.807, 2.05) is 0 Å². The van der Waals surface area contributed by atoms with Crippen LogP contribution >= 0.6 is 0 Å². The van der Waals surface area contributed by atoms with E-state index in [0.29, 0.717) is 36.9 Å². The van der Waals surface area contributed by atoms with Crippen LogP contribution in [-0.4, -0.2) is 36.5 Å². The van der Waals surface area contributed by atoms with Gasteiger partial charge in [-0.15, -0.1) is 0 Å². The van der Waals surface area contributed by atoms with E-state index >= 15 is 0 Å². The topological polar surface area (TPSA) is 52.5 Å². The van der Waals surface area contributed by atoms with Gasteiger partial charge in [0.15, 0.2) is 0 Å². The standard InChI is InChI=1S/C10H19NO2/c12-5-7-1-8-3-11-4-9(2-7)10(8)6-13/h7-13H,1-6H2. The smallest absolute Gasteiger partial charge is 0.0465 e. The summed E-state index contributed by atoms with van der Waals surface area (Å²) in [5.41, 5.74) is 0. The molecule has 0 aromatic carbocycles. The molecule has 2 bridgehead atoms. The van der Waals surface area contributed by atoms with Gasteiger partial charge in [0.2, 0.25) is 0 Å². The first kappa shape index (κ1) is 9.44. The van der Waals surface area contributed by atoms with Crippen LogP contribution in [0.4, 0.5) is 0 Å². The monoisotopic (exact) mass is 185 g/mol. The van der Waals surface area contributed by atoms with Crippen molar-refractivity contribution in [1.82, 2.24) is 5.32 Å². The van der Waals surface area contributed by atoms with Crippen LogP contribution in [0.15, 0.2) is 0 Å². The van der Waals surface area contributed by atoms with E-state index in [2.05, 4.69) is 5.32 Å². The summed E-state index contributed by atoms with van der Waals surface area (Å²) in [5.74, 6) is 2.16. The van der Waals surface area contributed by atoms with Crippen molar-refractivity contribution >= 4 is 0 Å². The number of fused-ring (bicyclic) bond motifs is 2. The number of nitrogens with one attached hydrogen (secondary N) is 1. The lowest BCUT2D eigenvalue weighted by Crippen LogP contribution is -2.49. The molecule has 2 unspecified atom stereocenters. The minimum atomic E-state index is 0.325. The zero-order valence-corrected chi connectivity index (χ0v) is 7.95. The molecule has 1 heterocycles. The number of hydrogen-bond donors (Lipinski definition) is 3. The zero-order valence-electron chi connectivity index (χ0n) is 7.95. The molecule has 1 saturated heterocycles. The molecular weight excluding hydrogens is 166 g/mol. The maximum Gasteiger partial charge on any atom is 0.0465 e. The van der Waals surface area contributed by atoms with Gasteiger partial charge < -0.3 is 15.5 Å². The fraction of sp³-hybridized carbons (Fsp3) is 1.00. The molecule has 3 nitrogen and oxygen atoms in total. The van der Waals surface area contributed by atoms with Gasteiger partial charge in [-0.3, -0.25) is 0 Å². The number of hydrogen-bond acceptors (Lipinski definition) is 3. The van der Waals surface area contributed by atoms with Crippen LogP contribution in [-0.2, 0) is 0 Å². The van der Waals surface area contributed by atoms with Crippen LogP contribution in [0.5, 0.6) is 0 Å². The summed E-state index contributed by atoms with van der Waals surface area (Å²) in [4.78, 5) is 0. The molecule has 76 valence electrons. The Morgan fingerprint density at radius 2 is 1.62 bits per heavy atom. The van der Waals surface area contributed by atoms with Crippen molar-refractivity contribution < 1.29 is 10.2 Å². The molecule has 2 atom stereocenters. The van der Waals surface area contributed by atoms with Crippen LogP contribution in [0.2, 0.25) is 0 Å². The van der Waals surface area contributed by atoms with Crippen molar-refractivity contribution in [3.63, 3.8) is 0 Å². The van der Waals surface area contributed by atoms with Crippen molar-refractivity contribution in [2.45, 2.75) is 12.8 Å². The van der Waals surface area contributed by atoms with Crippen molar-refractivity contribution in [2.75, 3.05) is 26.3 Å². The van der Waals surface area contributed by atoms with Gasteiger partial charge in [-0.2, -0.15) is 0 Å². The van der Waals surface area contributed by atoms with E-state index in [0.717, 1.165) is 25.9 Å². The van der Waals surface area contributed by atoms with Crippen LogP contribution in [0.3, 0.4) is 0 Å². The van der Waals surface area contributed by atoms with Gasteiger partial charge in [-0.1, -0.05) is 0 Å². The molecule has 13 heavy (non-hydrogen) atoms. The van der Waals surface area contributed by atoms with Crippen LogP contribution < -0.4 is 5.32 Å². The normalized spacial score (nSPS) is 44.8. The lowest BCUT2D eigenvalue weighted by molar-refractivity contribution is 0.0118. The molecule has 1 aliphatic heterocycles. The molecule has 0 aromatic rings. The summed E-state index contributed by atoms with van der Waals surface area (Å²) in [7, 11) is 0. The fourth-order valence-corrected chi connectivity index (χ4v) is 3.06. The van der Waals surface area contributed by atoms with Crippen molar-refractivity contribution in [3.05, 3.63) is 0 Å². The summed E-state index contributed by atoms with van der Waals surface area (Å²) in [6.45, 7) is 2.71. The molecule has 2 rings (SSSR count). The van der Waals surface area contributed by atoms with Crippen LogP contribution in [0.1, 0.15) is 12.8 Å². The van der Waals surface area contributed by atoms with Crippen LogP contribution in [0.25, 0.3) is 0 Å². The molecule has 0 aromatic heterocycles. The lowest BCUT2D eigenvalue weighted by atomic mass is 9.66. The number of piperidine rings is 1. The maximum atomic E-state index is 9.27. The Morgan fingerprint density at radius 3 is 2.08 bits per heavy atom. The SMILES string of the molecule is OCC1CC2CNCC(C1)C2CO. The summed E-state index contributed by atoms with van der Waals surface area (Å²) in [6.07, 6.45) is 2.18. The average Bonchev–Trinajstić information content (AvgIpc) is 2.15. The van der Waals surface area contributed by atoms with Gasteiger partial charge in [0.25, 0.3) is 0 Å². The second kappa shape index (κ2) is 3.95. The Bertz CT molecular complexity index is 160. The Balaban J connectivity index is 2.03. The summed E-state index contributed by atoms with van der Waals surface area (Å²) >= 11 is 0. The predicted octanol–water partition coefficient (Wildman–Crippen LogP) is -0.167. The van der Waals surface area contributed by atoms with E-state index in [4.69, 9.17) is 5.11 Å². The molecular formula is C10H19NO2. The van der Waals surface area contributed by atoms with Crippen molar-refractivity contribution in [3.8, 4) is 0 Å². The van der Waals surface area contributed by atoms with Gasteiger partial charge >= 0.3 is 0 Å². The van der Waals surface area contributed by atoms with Gasteiger partial charge in [0.05, 0.1) is 0 Å². The summed E-state index contributed by atoms with van der Waals surface area (Å²) in [6, 6.07) is 0. The second-order valence-electron chi connectivity index (χ2n) is 4.54. The molecule has 0 spiro atoms. The first-order valence-electron chi connectivity index (χ1n) is 5.27. The van der Waals surface area contributed by atoms with E-state index in [1.165, 1.54) is 0 Å². The third-order valence-electron chi connectivity index (χ3n) is 3.77. The quantitative estimate of drug-likeness (QED) is 0.560. The highest BCUT2D eigenvalue weighted by Crippen LogP contribution is 2.39. The van der Waals surface area contributed by atoms with Gasteiger partial charge in [0, 0.05) is 13.2 Å². The molecule has 1 aliphatic carbocycles. The summed E-state index contributed by atoms with van der Waals surface area (Å²) in [5, 5.41) is 21.8. The van der Waals surface area contributed by atoms with E-state index in [-0.39, 0.29) is 0 Å². The second-order valence-corrected chi connectivity index (χ2v) is 4.54. The Kier molecular flexibility index (Phi) is 2.86. The third kappa shape index (κ3) is 1.73. The highest BCUT2D eigenvalue weighted by atomic mass is 16.3. The Morgan fingerprint density at radius 1 is 1.00 bits per heavy atom. The van der Waals surface area contributed by atoms with Crippen LogP contribution in [0, 0.1) is 23.7 Å². The Hall–Kier alpha value is -0.120. The minimum absolute atomic E-state index is 0.325. The maximum absolute atomic E-state index is 9.27. The molecule has 0 amide bonds. The molecule has 2 fully saturated rings. The predicted molar refractivity (Wildman–Crippen MR) is 50.2 cm³/mol. The highest BCUT2D eigenvalue weighted by molar-refractivity contribution is 4.91. The first-order valence-corrected chi connectivity index (χ1v) is 5.27. The zero-order chi connectivity index (χ0) is 9.26. The molecule has 1 saturated carbocycles.